The van der Waals surface area contributed by atoms with Gasteiger partial charge in [0, 0.05) is 16.6 Å². The minimum Gasteiger partial charge on any atom is -0.487 e. The fourth-order valence-electron chi connectivity index (χ4n) is 2.75. The predicted molar refractivity (Wildman–Crippen MR) is 124 cm³/mol. The van der Waals surface area contributed by atoms with E-state index in [1.165, 1.54) is 18.2 Å². The summed E-state index contributed by atoms with van der Waals surface area (Å²) in [6.07, 6.45) is 1.48. The quantitative estimate of drug-likeness (QED) is 0.287. The first kappa shape index (κ1) is 22.7. The summed E-state index contributed by atoms with van der Waals surface area (Å²) in [7, 11) is 0. The standard InChI is InChI=1S/C24H17Br2FN2O2/c25-20-11-18(10-19(13-28)24(30)29-14-16-4-2-1-3-5-16)23(22(26)12-20)31-15-17-6-8-21(27)9-7-17/h1-12H,14-15H2,(H,29,30)/b19-10+. The molecule has 0 atom stereocenters. The van der Waals surface area contributed by atoms with E-state index in [0.29, 0.717) is 22.3 Å². The molecule has 0 aliphatic rings. The zero-order chi connectivity index (χ0) is 22.2. The van der Waals surface area contributed by atoms with E-state index in [4.69, 9.17) is 4.74 Å². The summed E-state index contributed by atoms with van der Waals surface area (Å²) in [5.74, 6) is -0.333. The maximum absolute atomic E-state index is 13.1. The summed E-state index contributed by atoms with van der Waals surface area (Å²) in [5, 5.41) is 12.3. The molecule has 0 saturated heterocycles. The van der Waals surface area contributed by atoms with Gasteiger partial charge in [-0.2, -0.15) is 5.26 Å². The third-order valence-corrected chi connectivity index (χ3v) is 5.34. The van der Waals surface area contributed by atoms with Crippen LogP contribution in [-0.2, 0) is 17.9 Å². The predicted octanol–water partition coefficient (Wildman–Crippen LogP) is 6.15. The van der Waals surface area contributed by atoms with Crippen LogP contribution in [-0.4, -0.2) is 5.91 Å². The van der Waals surface area contributed by atoms with Crippen molar-refractivity contribution in [2.24, 2.45) is 0 Å². The van der Waals surface area contributed by atoms with Crippen LogP contribution in [0.4, 0.5) is 4.39 Å². The van der Waals surface area contributed by atoms with Crippen LogP contribution in [0, 0.1) is 17.1 Å². The number of nitrogens with zero attached hydrogens (tertiary/aromatic N) is 1. The van der Waals surface area contributed by atoms with E-state index >= 15 is 0 Å². The molecule has 0 aliphatic heterocycles. The molecule has 0 spiro atoms. The molecular weight excluding hydrogens is 527 g/mol. The Balaban J connectivity index is 1.81. The molecule has 0 saturated carbocycles. The first-order valence-corrected chi connectivity index (χ1v) is 10.8. The van der Waals surface area contributed by atoms with E-state index < -0.39 is 5.91 Å². The van der Waals surface area contributed by atoms with E-state index in [9.17, 15) is 14.4 Å². The lowest BCUT2D eigenvalue weighted by molar-refractivity contribution is -0.117. The van der Waals surface area contributed by atoms with E-state index in [1.807, 2.05) is 36.4 Å². The van der Waals surface area contributed by atoms with Crippen molar-refractivity contribution in [2.45, 2.75) is 13.2 Å². The topological polar surface area (TPSA) is 62.1 Å². The van der Waals surface area contributed by atoms with Gasteiger partial charge in [0.05, 0.1) is 4.47 Å². The lowest BCUT2D eigenvalue weighted by Crippen LogP contribution is -2.23. The number of rotatable bonds is 7. The van der Waals surface area contributed by atoms with Crippen LogP contribution in [0.3, 0.4) is 0 Å². The molecule has 0 bridgehead atoms. The molecule has 7 heteroatoms. The number of carbonyl (C=O) groups is 1. The van der Waals surface area contributed by atoms with Crippen molar-refractivity contribution in [2.75, 3.05) is 0 Å². The normalized spacial score (nSPS) is 11.0. The Morgan fingerprint density at radius 1 is 1.06 bits per heavy atom. The van der Waals surface area contributed by atoms with Gasteiger partial charge in [-0.25, -0.2) is 4.39 Å². The molecule has 4 nitrogen and oxygen atoms in total. The van der Waals surface area contributed by atoms with Gasteiger partial charge in [-0.05, 0) is 57.4 Å². The summed E-state index contributed by atoms with van der Waals surface area (Å²) in [6, 6.07) is 20.9. The molecule has 3 aromatic rings. The maximum atomic E-state index is 13.1. The number of benzene rings is 3. The second-order valence-electron chi connectivity index (χ2n) is 6.56. The van der Waals surface area contributed by atoms with Crippen molar-refractivity contribution >= 4 is 43.8 Å². The third kappa shape index (κ3) is 6.51. The smallest absolute Gasteiger partial charge is 0.262 e. The van der Waals surface area contributed by atoms with Gasteiger partial charge in [0.1, 0.15) is 29.8 Å². The van der Waals surface area contributed by atoms with Crippen LogP contribution >= 0.6 is 31.9 Å². The summed E-state index contributed by atoms with van der Waals surface area (Å²) < 4.78 is 20.5. The SMILES string of the molecule is N#C/C(=C\c1cc(Br)cc(Br)c1OCc1ccc(F)cc1)C(=O)NCc1ccccc1. The van der Waals surface area contributed by atoms with Crippen molar-refractivity contribution in [1.29, 1.82) is 5.26 Å². The van der Waals surface area contributed by atoms with E-state index in [0.717, 1.165) is 15.6 Å². The Morgan fingerprint density at radius 2 is 1.77 bits per heavy atom. The third-order valence-electron chi connectivity index (χ3n) is 4.29. The van der Waals surface area contributed by atoms with Crippen LogP contribution in [0.2, 0.25) is 0 Å². The maximum Gasteiger partial charge on any atom is 0.262 e. The second-order valence-corrected chi connectivity index (χ2v) is 8.33. The molecule has 3 aromatic carbocycles. The van der Waals surface area contributed by atoms with Crippen LogP contribution in [0.1, 0.15) is 16.7 Å². The first-order chi connectivity index (χ1) is 15.0. The van der Waals surface area contributed by atoms with Gasteiger partial charge in [-0.15, -0.1) is 0 Å². The van der Waals surface area contributed by atoms with Crippen molar-refractivity contribution in [3.63, 3.8) is 0 Å². The Kier molecular flexibility index (Phi) is 7.99. The van der Waals surface area contributed by atoms with Crippen LogP contribution < -0.4 is 10.1 Å². The molecule has 0 aliphatic carbocycles. The second kappa shape index (κ2) is 10.9. The van der Waals surface area contributed by atoms with Gasteiger partial charge in [0.25, 0.3) is 5.91 Å². The Hall–Kier alpha value is -2.95. The molecular formula is C24H17Br2FN2O2. The number of hydrogen-bond acceptors (Lipinski definition) is 3. The fourth-order valence-corrected chi connectivity index (χ4v) is 4.13. The summed E-state index contributed by atoms with van der Waals surface area (Å²) in [5.41, 5.74) is 2.22. The highest BCUT2D eigenvalue weighted by Crippen LogP contribution is 2.35. The van der Waals surface area contributed by atoms with Crippen LogP contribution in [0.15, 0.2) is 81.2 Å². The number of hydrogen-bond donors (Lipinski definition) is 1. The average molecular weight is 544 g/mol. The number of nitriles is 1. The Labute approximate surface area is 196 Å². The summed E-state index contributed by atoms with van der Waals surface area (Å²) >= 11 is 6.89. The van der Waals surface area contributed by atoms with Gasteiger partial charge in [-0.3, -0.25) is 4.79 Å². The minimum absolute atomic E-state index is 0.0486. The first-order valence-electron chi connectivity index (χ1n) is 9.26. The lowest BCUT2D eigenvalue weighted by Gasteiger charge is -2.13. The van der Waals surface area contributed by atoms with E-state index in [-0.39, 0.29) is 18.0 Å². The molecule has 31 heavy (non-hydrogen) atoms. The molecule has 156 valence electrons. The molecule has 0 heterocycles. The van der Waals surface area contributed by atoms with Gasteiger partial charge in [0.15, 0.2) is 0 Å². The number of ether oxygens (including phenoxy) is 1. The zero-order valence-electron chi connectivity index (χ0n) is 16.2. The fraction of sp³-hybridized carbons (Fsp3) is 0.0833. The van der Waals surface area contributed by atoms with Gasteiger partial charge >= 0.3 is 0 Å². The Bertz CT molecular complexity index is 1140. The molecule has 0 aromatic heterocycles. The average Bonchev–Trinajstić information content (AvgIpc) is 2.77. The number of amides is 1. The van der Waals surface area contributed by atoms with Gasteiger partial charge in [-0.1, -0.05) is 58.4 Å². The largest absolute Gasteiger partial charge is 0.487 e. The van der Waals surface area contributed by atoms with Crippen molar-refractivity contribution < 1.29 is 13.9 Å². The van der Waals surface area contributed by atoms with E-state index in [1.54, 1.807) is 24.3 Å². The van der Waals surface area contributed by atoms with Gasteiger partial charge < -0.3 is 10.1 Å². The highest BCUT2D eigenvalue weighted by molar-refractivity contribution is 9.11. The van der Waals surface area contributed by atoms with E-state index in [2.05, 4.69) is 37.2 Å². The molecule has 0 unspecified atom stereocenters. The lowest BCUT2D eigenvalue weighted by atomic mass is 10.1. The van der Waals surface area contributed by atoms with Gasteiger partial charge in [0.2, 0.25) is 0 Å². The number of halogens is 3. The summed E-state index contributed by atoms with van der Waals surface area (Å²) in [4.78, 5) is 12.5. The highest BCUT2D eigenvalue weighted by atomic mass is 79.9. The number of nitrogens with one attached hydrogen (secondary N) is 1. The Morgan fingerprint density at radius 3 is 2.45 bits per heavy atom. The molecule has 0 radical (unpaired) electrons. The monoisotopic (exact) mass is 542 g/mol. The summed E-state index contributed by atoms with van der Waals surface area (Å²) in [6.45, 7) is 0.512. The van der Waals surface area contributed by atoms with Crippen molar-refractivity contribution in [3.05, 3.63) is 104 Å². The zero-order valence-corrected chi connectivity index (χ0v) is 19.4. The van der Waals surface area contributed by atoms with Crippen molar-refractivity contribution in [1.82, 2.24) is 5.32 Å². The molecule has 1 amide bonds. The van der Waals surface area contributed by atoms with Crippen molar-refractivity contribution in [3.8, 4) is 11.8 Å². The molecule has 1 N–H and O–H groups in total. The van der Waals surface area contributed by atoms with Crippen LogP contribution in [0.5, 0.6) is 5.75 Å². The molecule has 3 rings (SSSR count). The number of carbonyl (C=O) groups excluding carboxylic acids is 1. The molecule has 0 fully saturated rings. The minimum atomic E-state index is -0.480. The highest BCUT2D eigenvalue weighted by Gasteiger charge is 2.14. The van der Waals surface area contributed by atoms with Crippen LogP contribution in [0.25, 0.3) is 6.08 Å².